The molecule has 14 rings (SSSR count). The van der Waals surface area contributed by atoms with E-state index in [1.807, 2.05) is 98.2 Å². The Morgan fingerprint density at radius 2 is 0.320 bits per heavy atom. The molecule has 6 aliphatic rings. The first kappa shape index (κ1) is 74.5. The second kappa shape index (κ2) is 36.5. The van der Waals surface area contributed by atoms with Crippen LogP contribution in [-0.2, 0) is 49.4 Å². The summed E-state index contributed by atoms with van der Waals surface area (Å²) >= 11 is 13.1. The molecule has 0 aliphatic carbocycles. The molecule has 0 amide bonds. The lowest BCUT2D eigenvalue weighted by Crippen LogP contribution is -2.88. The summed E-state index contributed by atoms with van der Waals surface area (Å²) in [6.45, 7) is 3.43. The number of hydrogen-bond acceptors (Lipinski definition) is 28. The second-order valence-electron chi connectivity index (χ2n) is 23.9. The van der Waals surface area contributed by atoms with Crippen LogP contribution in [0.25, 0.3) is 0 Å². The van der Waals surface area contributed by atoms with Crippen molar-refractivity contribution >= 4 is 211 Å². The van der Waals surface area contributed by atoms with Crippen molar-refractivity contribution in [2.45, 2.75) is 99.7 Å². The predicted molar refractivity (Wildman–Crippen MR) is 429 cm³/mol. The van der Waals surface area contributed by atoms with Crippen LogP contribution in [0.3, 0.4) is 0 Å². The summed E-state index contributed by atoms with van der Waals surface area (Å²) in [5.41, 5.74) is 0. The molecule has 0 spiro atoms. The van der Waals surface area contributed by atoms with Gasteiger partial charge in [0.25, 0.3) is 0 Å². The van der Waals surface area contributed by atoms with Gasteiger partial charge in [-0.1, -0.05) is 48.5 Å². The minimum absolute atomic E-state index is 0.264. The van der Waals surface area contributed by atoms with E-state index in [1.54, 1.807) is 90.7 Å². The van der Waals surface area contributed by atoms with Crippen LogP contribution < -0.4 is 0 Å². The number of rotatable bonds is 40. The molecule has 8 aromatic heterocycles. The Balaban J connectivity index is 0.985. The molecule has 6 saturated heterocycles. The molecule has 528 valence electrons. The Morgan fingerprint density at radius 3 is 0.420 bits per heavy atom. The number of aliphatic imine (C=N–C) groups is 8. The average Bonchev–Trinajstić information content (AvgIpc) is 0.947. The molecule has 14 heterocycles. The van der Waals surface area contributed by atoms with Crippen LogP contribution in [0.5, 0.6) is 0 Å². The summed E-state index contributed by atoms with van der Waals surface area (Å²) in [7, 11) is -35.5. The van der Waals surface area contributed by atoms with E-state index in [1.165, 1.54) is 0 Å². The van der Waals surface area contributed by atoms with Gasteiger partial charge < -0.3 is 49.4 Å². The third-order valence-corrected chi connectivity index (χ3v) is 60.0. The first-order valence-corrected chi connectivity index (χ1v) is 56.3. The molecule has 0 atom stereocenters. The average molecular weight is 1630 g/mol. The van der Waals surface area contributed by atoms with Crippen molar-refractivity contribution in [3.05, 3.63) is 179 Å². The molecule has 8 bridgehead atoms. The SMILES string of the molecule is C(=NCCC[Si]12O[Si]3(CCCN=Cc4cccs4)O[Si]4(CCCN=Cc5cccs5)O[Si](CCCN=Cc5cccs5)(O1)O[Si]1(CCCN=Cc5cccs5)O[Si](CCCN=Cc5cccs5)(O2)O[Si](CCCN=Cc2cccs2)(O3)O[Si](CCCN=Cc2cccs2)(O4)O1)c1cccs1. The molecule has 8 aromatic rings. The maximum Gasteiger partial charge on any atom is 0.478 e. The van der Waals surface area contributed by atoms with Crippen LogP contribution in [0.1, 0.15) is 90.4 Å². The Bertz CT molecular complexity index is 3120. The van der Waals surface area contributed by atoms with Gasteiger partial charge in [-0.15, -0.1) is 90.7 Å². The van der Waals surface area contributed by atoms with Crippen LogP contribution in [-0.4, -0.2) is 173 Å². The van der Waals surface area contributed by atoms with E-state index in [0.717, 1.165) is 39.0 Å². The Hall–Kier alpha value is -3.78. The molecule has 0 unspecified atom stereocenters. The van der Waals surface area contributed by atoms with E-state index in [-0.39, 0.29) is 48.4 Å². The van der Waals surface area contributed by atoms with Crippen molar-refractivity contribution in [1.82, 2.24) is 0 Å². The number of hydrogen-bond donors (Lipinski definition) is 0. The lowest BCUT2D eigenvalue weighted by atomic mass is 10.5. The Labute approximate surface area is 625 Å². The first-order chi connectivity index (χ1) is 49.1. The highest BCUT2D eigenvalue weighted by Gasteiger charge is 2.83. The van der Waals surface area contributed by atoms with Crippen molar-refractivity contribution in [2.75, 3.05) is 52.4 Å². The van der Waals surface area contributed by atoms with Gasteiger partial charge in [-0.3, -0.25) is 39.9 Å². The number of nitrogens with zero attached hydrogens (tertiary/aromatic N) is 8. The second-order valence-corrected chi connectivity index (χ2v) is 56.5. The predicted octanol–water partition coefficient (Wildman–Crippen LogP) is 16.3. The van der Waals surface area contributed by atoms with Crippen molar-refractivity contribution in [2.24, 2.45) is 39.9 Å². The van der Waals surface area contributed by atoms with Crippen molar-refractivity contribution < 1.29 is 49.4 Å². The maximum absolute atomic E-state index is 8.29. The molecular formula is C64H80N8O12S8Si8. The zero-order valence-electron chi connectivity index (χ0n) is 55.2. The van der Waals surface area contributed by atoms with Crippen LogP contribution in [0.2, 0.25) is 48.4 Å². The third kappa shape index (κ3) is 21.3. The van der Waals surface area contributed by atoms with E-state index in [9.17, 15) is 0 Å². The summed E-state index contributed by atoms with van der Waals surface area (Å²) in [4.78, 5) is 48.4. The normalized spacial score (nSPS) is 27.7. The molecule has 100 heavy (non-hydrogen) atoms. The molecule has 6 fully saturated rings. The maximum atomic E-state index is 8.29. The van der Waals surface area contributed by atoms with Gasteiger partial charge >= 0.3 is 70.4 Å². The fraction of sp³-hybridized carbons (Fsp3) is 0.375. The van der Waals surface area contributed by atoms with Gasteiger partial charge in [-0.05, 0) is 143 Å². The third-order valence-electron chi connectivity index (χ3n) is 16.0. The zero-order valence-corrected chi connectivity index (χ0v) is 69.7. The van der Waals surface area contributed by atoms with E-state index in [0.29, 0.717) is 104 Å². The highest BCUT2D eigenvalue weighted by atomic mass is 32.1. The lowest BCUT2D eigenvalue weighted by Gasteiger charge is -2.63. The van der Waals surface area contributed by atoms with Gasteiger partial charge in [0, 0.05) is 189 Å². The molecule has 0 saturated carbocycles. The van der Waals surface area contributed by atoms with Gasteiger partial charge in [0.15, 0.2) is 0 Å². The number of thiophene rings is 8. The quantitative estimate of drug-likeness (QED) is 0.0199. The minimum Gasteiger partial charge on any atom is -0.373 e. The lowest BCUT2D eigenvalue weighted by molar-refractivity contribution is -0.0309. The van der Waals surface area contributed by atoms with Crippen LogP contribution in [0.15, 0.2) is 180 Å². The van der Waals surface area contributed by atoms with Gasteiger partial charge in [0.05, 0.1) is 0 Å². The van der Waals surface area contributed by atoms with Crippen molar-refractivity contribution in [3.63, 3.8) is 0 Å². The van der Waals surface area contributed by atoms with Gasteiger partial charge in [-0.2, -0.15) is 0 Å². The van der Waals surface area contributed by atoms with E-state index < -0.39 is 70.4 Å². The largest absolute Gasteiger partial charge is 0.478 e. The van der Waals surface area contributed by atoms with Crippen LogP contribution in [0.4, 0.5) is 0 Å². The highest BCUT2D eigenvalue weighted by Crippen LogP contribution is 2.55. The standard InChI is InChI=1S/C64H80N8O12S8Si8/c1-17-57(85-33-1)49-65-25-9-41-93-73-94(42-10-26-66-50-58-18-2-34-86-58)76-97(45-13-29-69-53-61-21-5-37-89-61)78-95(74-93,43-11-27-67-51-59-19-3-35-87-59)80-99(47-15-31-71-55-63-23-7-39-91-63)81-96(75-93,44-12-28-68-52-60-20-4-36-88-60)79-98(77-94,46-14-30-70-54-62-22-6-38-90-62)83-100(82-97,84-99)48-16-32-72-56-64-24-8-40-92-64/h1-8,17-24,33-40,49-56H,9-16,25-32,41-48H2. The highest BCUT2D eigenvalue weighted by molar-refractivity contribution is 7.14. The summed E-state index contributed by atoms with van der Waals surface area (Å²) in [5, 5.41) is 16.4. The zero-order chi connectivity index (χ0) is 68.0. The summed E-state index contributed by atoms with van der Waals surface area (Å²) < 4.78 is 99.5. The topological polar surface area (TPSA) is 210 Å². The summed E-state index contributed by atoms with van der Waals surface area (Å²) in [5.74, 6) is 0. The Kier molecular flexibility index (Phi) is 27.2. The van der Waals surface area contributed by atoms with Gasteiger partial charge in [0.1, 0.15) is 0 Å². The van der Waals surface area contributed by atoms with Crippen LogP contribution >= 0.6 is 90.7 Å². The summed E-state index contributed by atoms with van der Waals surface area (Å²) in [6.07, 6.45) is 19.3. The molecule has 0 N–H and O–H groups in total. The molecule has 36 heteroatoms. The minimum atomic E-state index is -4.44. The Morgan fingerprint density at radius 1 is 0.200 bits per heavy atom. The van der Waals surface area contributed by atoms with Crippen molar-refractivity contribution in [3.8, 4) is 0 Å². The molecule has 20 nitrogen and oxygen atoms in total. The van der Waals surface area contributed by atoms with E-state index >= 15 is 0 Å². The van der Waals surface area contributed by atoms with Gasteiger partial charge in [-0.25, -0.2) is 0 Å². The van der Waals surface area contributed by atoms with E-state index in [4.69, 9.17) is 89.3 Å². The molecule has 0 aromatic carbocycles. The van der Waals surface area contributed by atoms with Crippen LogP contribution in [0, 0.1) is 0 Å². The van der Waals surface area contributed by atoms with Crippen molar-refractivity contribution in [1.29, 1.82) is 0 Å². The first-order valence-electron chi connectivity index (χ1n) is 33.8. The van der Waals surface area contributed by atoms with E-state index in [2.05, 4.69) is 91.6 Å². The van der Waals surface area contributed by atoms with Gasteiger partial charge in [0.2, 0.25) is 0 Å². The summed E-state index contributed by atoms with van der Waals surface area (Å²) in [6, 6.07) is 34.9. The smallest absolute Gasteiger partial charge is 0.373 e. The fourth-order valence-corrected chi connectivity index (χ4v) is 66.9. The fourth-order valence-electron chi connectivity index (χ4n) is 11.8. The molecular weight excluding hydrogens is 1550 g/mol. The molecule has 6 aliphatic heterocycles. The monoisotopic (exact) mass is 1630 g/mol. The molecule has 0 radical (unpaired) electrons.